The first-order valence-corrected chi connectivity index (χ1v) is 6.22. The Labute approximate surface area is 100 Å². The summed E-state index contributed by atoms with van der Waals surface area (Å²) in [6, 6.07) is 6.50. The lowest BCUT2D eigenvalue weighted by atomic mass is 10.1. The average Bonchev–Trinajstić information content (AvgIpc) is 3.08. The highest BCUT2D eigenvalue weighted by Crippen LogP contribution is 2.38. The maximum atomic E-state index is 11.4. The van der Waals surface area contributed by atoms with Gasteiger partial charge in [-0.15, -0.1) is 0 Å². The molecule has 0 radical (unpaired) electrons. The number of nitrogens with zero attached hydrogens (tertiary/aromatic N) is 2. The molecule has 3 nitrogen and oxygen atoms in total. The molecule has 0 amide bonds. The van der Waals surface area contributed by atoms with Crippen LogP contribution in [-0.4, -0.2) is 15.3 Å². The summed E-state index contributed by atoms with van der Waals surface area (Å²) in [4.78, 5) is 16.0. The van der Waals surface area contributed by atoms with E-state index in [9.17, 15) is 4.79 Å². The molecule has 2 aromatic rings. The van der Waals surface area contributed by atoms with Crippen molar-refractivity contribution in [2.24, 2.45) is 0 Å². The number of carbonyl (C=O) groups is 1. The molecule has 1 aliphatic rings. The monoisotopic (exact) mass is 228 g/mol. The Kier molecular flexibility index (Phi) is 2.28. The van der Waals surface area contributed by atoms with Crippen molar-refractivity contribution in [2.45, 2.75) is 39.2 Å². The van der Waals surface area contributed by atoms with Gasteiger partial charge < -0.3 is 4.57 Å². The maximum Gasteiger partial charge on any atom is 0.159 e. The summed E-state index contributed by atoms with van der Waals surface area (Å²) in [6.07, 6.45) is 3.46. The molecule has 3 rings (SSSR count). The van der Waals surface area contributed by atoms with E-state index in [1.807, 2.05) is 18.2 Å². The van der Waals surface area contributed by atoms with E-state index in [4.69, 9.17) is 0 Å². The number of ketones is 1. The van der Waals surface area contributed by atoms with Crippen LogP contribution in [0.1, 0.15) is 48.9 Å². The summed E-state index contributed by atoms with van der Waals surface area (Å²) in [7, 11) is 0. The molecule has 1 aromatic carbocycles. The number of hydrogen-bond donors (Lipinski definition) is 0. The standard InChI is InChI=1S/C14H16N2O/c1-3-14-15-12-8-10(9(2)17)4-7-13(12)16(14)11-5-6-11/h4,7-8,11H,3,5-6H2,1-2H3. The fourth-order valence-corrected chi connectivity index (χ4v) is 2.36. The molecule has 0 saturated heterocycles. The lowest BCUT2D eigenvalue weighted by Crippen LogP contribution is -1.99. The van der Waals surface area contributed by atoms with Crippen LogP contribution >= 0.6 is 0 Å². The van der Waals surface area contributed by atoms with Gasteiger partial charge in [-0.25, -0.2) is 4.98 Å². The second-order valence-corrected chi connectivity index (χ2v) is 4.74. The van der Waals surface area contributed by atoms with Gasteiger partial charge >= 0.3 is 0 Å². The Bertz CT molecular complexity index is 594. The van der Waals surface area contributed by atoms with Gasteiger partial charge in [-0.2, -0.15) is 0 Å². The number of aryl methyl sites for hydroxylation is 1. The van der Waals surface area contributed by atoms with Crippen LogP contribution in [0.5, 0.6) is 0 Å². The SMILES string of the molecule is CCc1nc2cc(C(C)=O)ccc2n1C1CC1. The van der Waals surface area contributed by atoms with E-state index in [0.717, 1.165) is 23.3 Å². The molecule has 0 atom stereocenters. The molecule has 0 N–H and O–H groups in total. The topological polar surface area (TPSA) is 34.9 Å². The molecular weight excluding hydrogens is 212 g/mol. The van der Waals surface area contributed by atoms with Gasteiger partial charge in [0.1, 0.15) is 5.82 Å². The van der Waals surface area contributed by atoms with Crippen LogP contribution in [0.15, 0.2) is 18.2 Å². The normalized spacial score (nSPS) is 15.4. The van der Waals surface area contributed by atoms with Crippen LogP contribution in [0, 0.1) is 0 Å². The van der Waals surface area contributed by atoms with Gasteiger partial charge in [0.25, 0.3) is 0 Å². The number of fused-ring (bicyclic) bond motifs is 1. The van der Waals surface area contributed by atoms with Gasteiger partial charge in [0.15, 0.2) is 5.78 Å². The maximum absolute atomic E-state index is 11.4. The van der Waals surface area contributed by atoms with Gasteiger partial charge in [0.2, 0.25) is 0 Å². The van der Waals surface area contributed by atoms with Crippen LogP contribution in [0.3, 0.4) is 0 Å². The minimum Gasteiger partial charge on any atom is -0.325 e. The van der Waals surface area contributed by atoms with Crippen molar-refractivity contribution >= 4 is 16.8 Å². The zero-order chi connectivity index (χ0) is 12.0. The zero-order valence-corrected chi connectivity index (χ0v) is 10.2. The molecule has 1 aromatic heterocycles. The Morgan fingerprint density at radius 2 is 2.24 bits per heavy atom. The van der Waals surface area contributed by atoms with Crippen molar-refractivity contribution in [3.05, 3.63) is 29.6 Å². The second-order valence-electron chi connectivity index (χ2n) is 4.74. The number of benzene rings is 1. The molecule has 0 aliphatic heterocycles. The predicted molar refractivity (Wildman–Crippen MR) is 67.4 cm³/mol. The van der Waals surface area contributed by atoms with E-state index in [1.54, 1.807) is 6.92 Å². The molecule has 88 valence electrons. The van der Waals surface area contributed by atoms with Crippen molar-refractivity contribution < 1.29 is 4.79 Å². The molecular formula is C14H16N2O. The molecule has 3 heteroatoms. The van der Waals surface area contributed by atoms with Gasteiger partial charge in [0.05, 0.1) is 11.0 Å². The van der Waals surface area contributed by atoms with E-state index < -0.39 is 0 Å². The van der Waals surface area contributed by atoms with E-state index in [1.165, 1.54) is 18.4 Å². The number of Topliss-reactive ketones (excluding diaryl/α,β-unsaturated/α-hetero) is 1. The first kappa shape index (κ1) is 10.5. The molecule has 0 spiro atoms. The number of carbonyl (C=O) groups excluding carboxylic acids is 1. The number of hydrogen-bond acceptors (Lipinski definition) is 2. The first-order chi connectivity index (χ1) is 8.20. The number of aromatic nitrogens is 2. The molecule has 1 fully saturated rings. The van der Waals surface area contributed by atoms with Crippen LogP contribution in [-0.2, 0) is 6.42 Å². The summed E-state index contributed by atoms with van der Waals surface area (Å²) < 4.78 is 2.35. The zero-order valence-electron chi connectivity index (χ0n) is 10.2. The van der Waals surface area contributed by atoms with E-state index in [2.05, 4.69) is 16.5 Å². The Morgan fingerprint density at radius 3 is 2.82 bits per heavy atom. The van der Waals surface area contributed by atoms with Crippen molar-refractivity contribution in [1.29, 1.82) is 0 Å². The second kappa shape index (κ2) is 3.69. The summed E-state index contributed by atoms with van der Waals surface area (Å²) in [5.41, 5.74) is 2.89. The Balaban J connectivity index is 2.22. The van der Waals surface area contributed by atoms with Crippen molar-refractivity contribution in [1.82, 2.24) is 9.55 Å². The van der Waals surface area contributed by atoms with Crippen molar-refractivity contribution in [3.63, 3.8) is 0 Å². The van der Waals surface area contributed by atoms with Gasteiger partial charge in [0, 0.05) is 18.0 Å². The lowest BCUT2D eigenvalue weighted by Gasteiger charge is -2.05. The van der Waals surface area contributed by atoms with Crippen molar-refractivity contribution in [3.8, 4) is 0 Å². The molecule has 1 aliphatic carbocycles. The molecule has 0 bridgehead atoms. The Morgan fingerprint density at radius 1 is 1.47 bits per heavy atom. The van der Waals surface area contributed by atoms with E-state index >= 15 is 0 Å². The fraction of sp³-hybridized carbons (Fsp3) is 0.429. The smallest absolute Gasteiger partial charge is 0.159 e. The van der Waals surface area contributed by atoms with Crippen LogP contribution in [0.25, 0.3) is 11.0 Å². The third-order valence-corrected chi connectivity index (χ3v) is 3.40. The van der Waals surface area contributed by atoms with Crippen molar-refractivity contribution in [2.75, 3.05) is 0 Å². The molecule has 17 heavy (non-hydrogen) atoms. The highest BCUT2D eigenvalue weighted by Gasteiger charge is 2.27. The van der Waals surface area contributed by atoms with Crippen LogP contribution in [0.2, 0.25) is 0 Å². The molecule has 1 saturated carbocycles. The summed E-state index contributed by atoms with van der Waals surface area (Å²) in [6.45, 7) is 3.73. The van der Waals surface area contributed by atoms with Gasteiger partial charge in [-0.3, -0.25) is 4.79 Å². The summed E-state index contributed by atoms with van der Waals surface area (Å²) >= 11 is 0. The third kappa shape index (κ3) is 1.66. The quantitative estimate of drug-likeness (QED) is 0.756. The molecule has 1 heterocycles. The first-order valence-electron chi connectivity index (χ1n) is 6.22. The van der Waals surface area contributed by atoms with E-state index in [0.29, 0.717) is 6.04 Å². The average molecular weight is 228 g/mol. The molecule has 0 unspecified atom stereocenters. The van der Waals surface area contributed by atoms with E-state index in [-0.39, 0.29) is 5.78 Å². The summed E-state index contributed by atoms with van der Waals surface area (Å²) in [5, 5.41) is 0. The summed E-state index contributed by atoms with van der Waals surface area (Å²) in [5.74, 6) is 1.24. The van der Waals surface area contributed by atoms with Crippen LogP contribution < -0.4 is 0 Å². The largest absolute Gasteiger partial charge is 0.325 e. The lowest BCUT2D eigenvalue weighted by molar-refractivity contribution is 0.101. The minimum atomic E-state index is 0.103. The highest BCUT2D eigenvalue weighted by atomic mass is 16.1. The predicted octanol–water partition coefficient (Wildman–Crippen LogP) is 3.14. The Hall–Kier alpha value is -1.64. The fourth-order valence-electron chi connectivity index (χ4n) is 2.36. The third-order valence-electron chi connectivity index (χ3n) is 3.40. The van der Waals surface area contributed by atoms with Crippen LogP contribution in [0.4, 0.5) is 0 Å². The minimum absolute atomic E-state index is 0.103. The number of imidazole rings is 1. The van der Waals surface area contributed by atoms with Gasteiger partial charge in [-0.1, -0.05) is 6.92 Å². The highest BCUT2D eigenvalue weighted by molar-refractivity contribution is 5.97. The number of rotatable bonds is 3. The van der Waals surface area contributed by atoms with Gasteiger partial charge in [-0.05, 0) is 38.0 Å².